The first-order valence-corrected chi connectivity index (χ1v) is 7.21. The van der Waals surface area contributed by atoms with Crippen molar-refractivity contribution in [3.63, 3.8) is 0 Å². The number of fused-ring (bicyclic) bond motifs is 1. The Hall–Kier alpha value is -2.04. The molecule has 1 aromatic carbocycles. The minimum atomic E-state index is -0.570. The van der Waals surface area contributed by atoms with Crippen molar-refractivity contribution in [3.8, 4) is 0 Å². The lowest BCUT2D eigenvalue weighted by molar-refractivity contribution is -0.117. The number of rotatable bonds is 0. The molecule has 2 amide bonds. The molecule has 0 aromatic heterocycles. The van der Waals surface area contributed by atoms with Gasteiger partial charge >= 0.3 is 6.09 Å². The van der Waals surface area contributed by atoms with Crippen molar-refractivity contribution in [1.82, 2.24) is 4.90 Å². The maximum atomic E-state index is 12.0. The number of ether oxygens (including phenoxy) is 1. The predicted octanol–water partition coefficient (Wildman–Crippen LogP) is 3.40. The van der Waals surface area contributed by atoms with E-state index in [1.165, 1.54) is 4.90 Å². The summed E-state index contributed by atoms with van der Waals surface area (Å²) in [6.07, 6.45) is -0.473. The molecule has 1 heterocycles. The van der Waals surface area contributed by atoms with E-state index >= 15 is 0 Å². The molecule has 0 unspecified atom stereocenters. The standard InChI is InChI=1S/C14H18N2O3.C2H6/c1-14(2,3)19-13(18)16-8-10-6-4-5-7-11(10)15-12(17)9-16;1-2/h4-7H,8-9H2,1-3H3,(H,15,17);1-2H3. The van der Waals surface area contributed by atoms with E-state index in [0.717, 1.165) is 11.3 Å². The van der Waals surface area contributed by atoms with Gasteiger partial charge in [0.05, 0.1) is 6.54 Å². The van der Waals surface area contributed by atoms with E-state index in [9.17, 15) is 9.59 Å². The summed E-state index contributed by atoms with van der Waals surface area (Å²) in [5, 5.41) is 2.78. The SMILES string of the molecule is CC.CC(C)(C)OC(=O)N1CC(=O)Nc2ccccc2C1. The van der Waals surface area contributed by atoms with Gasteiger partial charge in [-0.1, -0.05) is 32.0 Å². The highest BCUT2D eigenvalue weighted by molar-refractivity contribution is 5.95. The molecule has 1 aliphatic rings. The van der Waals surface area contributed by atoms with Crippen LogP contribution < -0.4 is 5.32 Å². The van der Waals surface area contributed by atoms with Crippen molar-refractivity contribution in [2.45, 2.75) is 46.8 Å². The zero-order valence-corrected chi connectivity index (χ0v) is 13.4. The predicted molar refractivity (Wildman–Crippen MR) is 83.1 cm³/mol. The number of para-hydroxylation sites is 1. The molecule has 0 spiro atoms. The molecule has 5 heteroatoms. The zero-order chi connectivity index (χ0) is 16.0. The van der Waals surface area contributed by atoms with Crippen LogP contribution in [0.1, 0.15) is 40.2 Å². The van der Waals surface area contributed by atoms with Crippen molar-refractivity contribution in [2.24, 2.45) is 0 Å². The van der Waals surface area contributed by atoms with Gasteiger partial charge < -0.3 is 10.1 Å². The molecule has 1 N–H and O–H groups in total. The first kappa shape index (κ1) is 17.0. The van der Waals surface area contributed by atoms with Gasteiger partial charge in [0, 0.05) is 5.69 Å². The average molecular weight is 292 g/mol. The van der Waals surface area contributed by atoms with Gasteiger partial charge in [-0.15, -0.1) is 0 Å². The number of carbonyl (C=O) groups excluding carboxylic acids is 2. The minimum absolute atomic E-state index is 0.00356. The number of benzene rings is 1. The third-order valence-electron chi connectivity index (χ3n) is 2.64. The second kappa shape index (κ2) is 7.11. The highest BCUT2D eigenvalue weighted by atomic mass is 16.6. The molecule has 0 atom stereocenters. The molecule has 0 aliphatic carbocycles. The van der Waals surface area contributed by atoms with Crippen LogP contribution in [-0.2, 0) is 16.1 Å². The van der Waals surface area contributed by atoms with Crippen molar-refractivity contribution in [3.05, 3.63) is 29.8 Å². The third kappa shape index (κ3) is 5.10. The fraction of sp³-hybridized carbons (Fsp3) is 0.500. The van der Waals surface area contributed by atoms with E-state index in [2.05, 4.69) is 5.32 Å². The summed E-state index contributed by atoms with van der Waals surface area (Å²) >= 11 is 0. The normalized spacial score (nSPS) is 14.1. The van der Waals surface area contributed by atoms with Crippen LogP contribution in [-0.4, -0.2) is 29.0 Å². The van der Waals surface area contributed by atoms with Gasteiger partial charge in [0.25, 0.3) is 0 Å². The van der Waals surface area contributed by atoms with Gasteiger partial charge in [-0.05, 0) is 32.4 Å². The fourth-order valence-corrected chi connectivity index (χ4v) is 1.86. The molecule has 1 aliphatic heterocycles. The maximum Gasteiger partial charge on any atom is 0.411 e. The van der Waals surface area contributed by atoms with Crippen molar-refractivity contribution in [1.29, 1.82) is 0 Å². The van der Waals surface area contributed by atoms with E-state index in [1.807, 2.05) is 38.1 Å². The van der Waals surface area contributed by atoms with E-state index in [0.29, 0.717) is 6.54 Å². The Kier molecular flexibility index (Phi) is 5.76. The number of hydrogen-bond donors (Lipinski definition) is 1. The van der Waals surface area contributed by atoms with Crippen molar-refractivity contribution >= 4 is 17.7 Å². The first-order valence-electron chi connectivity index (χ1n) is 7.21. The molecule has 0 bridgehead atoms. The monoisotopic (exact) mass is 292 g/mol. The number of amides is 2. The highest BCUT2D eigenvalue weighted by Gasteiger charge is 2.27. The molecular formula is C16H24N2O3. The number of carbonyl (C=O) groups is 2. The summed E-state index contributed by atoms with van der Waals surface area (Å²) in [5.74, 6) is -0.212. The summed E-state index contributed by atoms with van der Waals surface area (Å²) in [5.41, 5.74) is 1.08. The second-order valence-corrected chi connectivity index (χ2v) is 5.54. The molecule has 0 radical (unpaired) electrons. The van der Waals surface area contributed by atoms with E-state index in [4.69, 9.17) is 4.74 Å². The topological polar surface area (TPSA) is 58.6 Å². The molecule has 0 fully saturated rings. The maximum absolute atomic E-state index is 12.0. The van der Waals surface area contributed by atoms with Crippen LogP contribution in [0, 0.1) is 0 Å². The first-order chi connectivity index (χ1) is 9.85. The Labute approximate surface area is 126 Å². The molecule has 21 heavy (non-hydrogen) atoms. The highest BCUT2D eigenvalue weighted by Crippen LogP contribution is 2.21. The summed E-state index contributed by atoms with van der Waals surface area (Å²) < 4.78 is 5.30. The van der Waals surface area contributed by atoms with E-state index in [-0.39, 0.29) is 12.5 Å². The Morgan fingerprint density at radius 2 is 1.81 bits per heavy atom. The van der Waals surface area contributed by atoms with Crippen LogP contribution in [0.15, 0.2) is 24.3 Å². The molecule has 1 aromatic rings. The van der Waals surface area contributed by atoms with Crippen LogP contribution in [0.25, 0.3) is 0 Å². The van der Waals surface area contributed by atoms with Gasteiger partial charge in [0.15, 0.2) is 0 Å². The Bertz CT molecular complexity index is 506. The molecule has 5 nitrogen and oxygen atoms in total. The van der Waals surface area contributed by atoms with Gasteiger partial charge in [-0.2, -0.15) is 0 Å². The number of nitrogens with zero attached hydrogens (tertiary/aromatic N) is 1. The summed E-state index contributed by atoms with van der Waals surface area (Å²) in [7, 11) is 0. The lowest BCUT2D eigenvalue weighted by Gasteiger charge is -2.25. The Balaban J connectivity index is 0.00000106. The van der Waals surface area contributed by atoms with Crippen LogP contribution in [0.2, 0.25) is 0 Å². The number of anilines is 1. The van der Waals surface area contributed by atoms with Crippen LogP contribution >= 0.6 is 0 Å². The van der Waals surface area contributed by atoms with E-state index < -0.39 is 11.7 Å². The summed E-state index contributed by atoms with van der Waals surface area (Å²) in [6, 6.07) is 7.44. The fourth-order valence-electron chi connectivity index (χ4n) is 1.86. The minimum Gasteiger partial charge on any atom is -0.444 e. The Morgan fingerprint density at radius 3 is 2.43 bits per heavy atom. The smallest absolute Gasteiger partial charge is 0.411 e. The molecule has 0 saturated heterocycles. The molecule has 2 rings (SSSR count). The average Bonchev–Trinajstić information content (AvgIpc) is 2.57. The zero-order valence-electron chi connectivity index (χ0n) is 13.4. The second-order valence-electron chi connectivity index (χ2n) is 5.54. The van der Waals surface area contributed by atoms with Gasteiger partial charge in [0.1, 0.15) is 12.1 Å². The quantitative estimate of drug-likeness (QED) is 0.797. The molecular weight excluding hydrogens is 268 g/mol. The van der Waals surface area contributed by atoms with Crippen LogP contribution in [0.3, 0.4) is 0 Å². The lowest BCUT2D eigenvalue weighted by Crippen LogP contribution is -2.39. The van der Waals surface area contributed by atoms with Crippen LogP contribution in [0.5, 0.6) is 0 Å². The largest absolute Gasteiger partial charge is 0.444 e. The Morgan fingerprint density at radius 1 is 1.19 bits per heavy atom. The molecule has 0 saturated carbocycles. The summed E-state index contributed by atoms with van der Waals surface area (Å²) in [6.45, 7) is 9.78. The van der Waals surface area contributed by atoms with Crippen molar-refractivity contribution < 1.29 is 14.3 Å². The van der Waals surface area contributed by atoms with Gasteiger partial charge in [0.2, 0.25) is 5.91 Å². The van der Waals surface area contributed by atoms with Gasteiger partial charge in [-0.3, -0.25) is 9.69 Å². The summed E-state index contributed by atoms with van der Waals surface area (Å²) in [4.78, 5) is 25.2. The van der Waals surface area contributed by atoms with Crippen LogP contribution in [0.4, 0.5) is 10.5 Å². The third-order valence-corrected chi connectivity index (χ3v) is 2.64. The number of hydrogen-bond acceptors (Lipinski definition) is 3. The van der Waals surface area contributed by atoms with Gasteiger partial charge in [-0.25, -0.2) is 4.79 Å². The van der Waals surface area contributed by atoms with E-state index in [1.54, 1.807) is 20.8 Å². The van der Waals surface area contributed by atoms with Crippen molar-refractivity contribution in [2.75, 3.05) is 11.9 Å². The number of nitrogens with one attached hydrogen (secondary N) is 1. The lowest BCUT2D eigenvalue weighted by atomic mass is 10.2. The molecule has 116 valence electrons.